The zero-order valence-corrected chi connectivity index (χ0v) is 11.2. The Hall–Kier alpha value is -1.33. The number of benzene rings is 1. The zero-order chi connectivity index (χ0) is 12.8. The highest BCUT2D eigenvalue weighted by atomic mass is 15.1. The topological polar surface area (TPSA) is 27.0 Å². The molecule has 2 nitrogen and oxygen atoms in total. The molecule has 0 radical (unpaired) electrons. The molecule has 0 unspecified atom stereocenters. The minimum Gasteiger partial charge on any atom is -0.299 e. The van der Waals surface area contributed by atoms with E-state index < -0.39 is 0 Å². The van der Waals surface area contributed by atoms with Crippen molar-refractivity contribution in [3.05, 3.63) is 35.4 Å². The standard InChI is InChI=1S/C16H22N2/c1-18(16-9-4-2-3-5-10-16)13-15-8-6-7-14(11-15)12-17/h6-8,11,16H,2-5,9-10,13H2,1H3. The van der Waals surface area contributed by atoms with Crippen LogP contribution >= 0.6 is 0 Å². The third-order valence-electron chi connectivity index (χ3n) is 3.94. The van der Waals surface area contributed by atoms with Gasteiger partial charge in [-0.25, -0.2) is 0 Å². The lowest BCUT2D eigenvalue weighted by molar-refractivity contribution is 0.213. The van der Waals surface area contributed by atoms with E-state index in [0.717, 1.165) is 18.2 Å². The molecule has 0 aliphatic heterocycles. The molecule has 2 heteroatoms. The predicted molar refractivity (Wildman–Crippen MR) is 74.1 cm³/mol. The fourth-order valence-corrected chi connectivity index (χ4v) is 2.85. The Bertz CT molecular complexity index is 411. The molecule has 1 saturated carbocycles. The molecule has 1 aromatic rings. The van der Waals surface area contributed by atoms with Gasteiger partial charge in [-0.1, -0.05) is 37.8 Å². The molecule has 1 aromatic carbocycles. The van der Waals surface area contributed by atoms with Gasteiger partial charge in [0.05, 0.1) is 11.6 Å². The Morgan fingerprint density at radius 2 is 1.94 bits per heavy atom. The second kappa shape index (κ2) is 6.56. The number of hydrogen-bond acceptors (Lipinski definition) is 2. The molecule has 0 aromatic heterocycles. The minimum atomic E-state index is 0.721. The Labute approximate surface area is 110 Å². The highest BCUT2D eigenvalue weighted by Gasteiger charge is 2.16. The van der Waals surface area contributed by atoms with E-state index in [1.807, 2.05) is 18.2 Å². The number of nitrogens with zero attached hydrogens (tertiary/aromatic N) is 2. The molecule has 1 fully saturated rings. The van der Waals surface area contributed by atoms with Crippen molar-refractivity contribution >= 4 is 0 Å². The summed E-state index contributed by atoms with van der Waals surface area (Å²) >= 11 is 0. The summed E-state index contributed by atoms with van der Waals surface area (Å²) in [5.74, 6) is 0. The van der Waals surface area contributed by atoms with Crippen LogP contribution in [0.2, 0.25) is 0 Å². The summed E-state index contributed by atoms with van der Waals surface area (Å²) in [4.78, 5) is 2.46. The van der Waals surface area contributed by atoms with E-state index in [-0.39, 0.29) is 0 Å². The molecule has 96 valence electrons. The third kappa shape index (κ3) is 3.58. The molecule has 0 heterocycles. The molecule has 0 spiro atoms. The maximum Gasteiger partial charge on any atom is 0.0991 e. The third-order valence-corrected chi connectivity index (χ3v) is 3.94. The monoisotopic (exact) mass is 242 g/mol. The summed E-state index contributed by atoms with van der Waals surface area (Å²) in [6.45, 7) is 0.959. The first-order valence-electron chi connectivity index (χ1n) is 6.99. The first-order valence-corrected chi connectivity index (χ1v) is 6.99. The van der Waals surface area contributed by atoms with Gasteiger partial charge in [-0.2, -0.15) is 5.26 Å². The summed E-state index contributed by atoms with van der Waals surface area (Å²) in [5, 5.41) is 8.92. The van der Waals surface area contributed by atoms with Crippen molar-refractivity contribution in [1.82, 2.24) is 4.90 Å². The van der Waals surface area contributed by atoms with Crippen molar-refractivity contribution in [3.8, 4) is 6.07 Å². The van der Waals surface area contributed by atoms with Gasteiger partial charge in [0.2, 0.25) is 0 Å². The quantitative estimate of drug-likeness (QED) is 0.755. The highest BCUT2D eigenvalue weighted by Crippen LogP contribution is 2.22. The van der Waals surface area contributed by atoms with Crippen LogP contribution in [0.3, 0.4) is 0 Å². The van der Waals surface area contributed by atoms with Crippen molar-refractivity contribution in [2.24, 2.45) is 0 Å². The highest BCUT2D eigenvalue weighted by molar-refractivity contribution is 5.32. The van der Waals surface area contributed by atoms with Crippen molar-refractivity contribution in [2.75, 3.05) is 7.05 Å². The van der Waals surface area contributed by atoms with E-state index in [4.69, 9.17) is 5.26 Å². The average Bonchev–Trinajstić information content (AvgIpc) is 2.68. The van der Waals surface area contributed by atoms with Crippen LogP contribution in [0.1, 0.15) is 49.7 Å². The SMILES string of the molecule is CN(Cc1cccc(C#N)c1)C1CCCCCC1. The second-order valence-corrected chi connectivity index (χ2v) is 5.37. The Morgan fingerprint density at radius 3 is 2.61 bits per heavy atom. The molecule has 18 heavy (non-hydrogen) atoms. The van der Waals surface area contributed by atoms with E-state index in [1.54, 1.807) is 0 Å². The summed E-state index contributed by atoms with van der Waals surface area (Å²) in [5.41, 5.74) is 2.02. The van der Waals surface area contributed by atoms with Crippen molar-refractivity contribution in [2.45, 2.75) is 51.1 Å². The van der Waals surface area contributed by atoms with Gasteiger partial charge < -0.3 is 0 Å². The van der Waals surface area contributed by atoms with Gasteiger partial charge in [-0.15, -0.1) is 0 Å². The zero-order valence-electron chi connectivity index (χ0n) is 11.2. The Morgan fingerprint density at radius 1 is 1.22 bits per heavy atom. The molecule has 0 amide bonds. The maximum atomic E-state index is 8.92. The average molecular weight is 242 g/mol. The number of rotatable bonds is 3. The van der Waals surface area contributed by atoms with Crippen LogP contribution in [0.25, 0.3) is 0 Å². The van der Waals surface area contributed by atoms with Crippen molar-refractivity contribution in [1.29, 1.82) is 5.26 Å². The summed E-state index contributed by atoms with van der Waals surface area (Å²) in [7, 11) is 2.22. The van der Waals surface area contributed by atoms with Crippen LogP contribution in [0.5, 0.6) is 0 Å². The summed E-state index contributed by atoms with van der Waals surface area (Å²) in [6, 6.07) is 10.9. The Kier molecular flexibility index (Phi) is 4.78. The first-order chi connectivity index (χ1) is 8.79. The van der Waals surface area contributed by atoms with Crippen molar-refractivity contribution < 1.29 is 0 Å². The molecule has 0 atom stereocenters. The summed E-state index contributed by atoms with van der Waals surface area (Å²) < 4.78 is 0. The van der Waals surface area contributed by atoms with Crippen LogP contribution in [0, 0.1) is 11.3 Å². The van der Waals surface area contributed by atoms with Gasteiger partial charge >= 0.3 is 0 Å². The lowest BCUT2D eigenvalue weighted by Crippen LogP contribution is -2.30. The predicted octanol–water partition coefficient (Wildman–Crippen LogP) is 3.71. The molecule has 0 N–H and O–H groups in total. The molecule has 0 saturated heterocycles. The van der Waals surface area contributed by atoms with Crippen LogP contribution in [0.15, 0.2) is 24.3 Å². The van der Waals surface area contributed by atoms with Crippen LogP contribution < -0.4 is 0 Å². The molecule has 2 rings (SSSR count). The van der Waals surface area contributed by atoms with Gasteiger partial charge in [-0.05, 0) is 37.6 Å². The fraction of sp³-hybridized carbons (Fsp3) is 0.562. The molecule has 0 bridgehead atoms. The van der Waals surface area contributed by atoms with Crippen LogP contribution in [-0.4, -0.2) is 18.0 Å². The van der Waals surface area contributed by atoms with E-state index in [9.17, 15) is 0 Å². The normalized spacial score (nSPS) is 17.4. The van der Waals surface area contributed by atoms with Gasteiger partial charge in [0, 0.05) is 12.6 Å². The lowest BCUT2D eigenvalue weighted by Gasteiger charge is -2.27. The van der Waals surface area contributed by atoms with E-state index >= 15 is 0 Å². The van der Waals surface area contributed by atoms with E-state index in [1.165, 1.54) is 44.1 Å². The number of hydrogen-bond donors (Lipinski definition) is 0. The molecular formula is C16H22N2. The maximum absolute atomic E-state index is 8.92. The smallest absolute Gasteiger partial charge is 0.0991 e. The van der Waals surface area contributed by atoms with Crippen LogP contribution in [-0.2, 0) is 6.54 Å². The van der Waals surface area contributed by atoms with E-state index in [2.05, 4.69) is 24.1 Å². The first kappa shape index (κ1) is 13.1. The Balaban J connectivity index is 1.97. The van der Waals surface area contributed by atoms with Gasteiger partial charge in [0.1, 0.15) is 0 Å². The number of nitriles is 1. The fourth-order valence-electron chi connectivity index (χ4n) is 2.85. The van der Waals surface area contributed by atoms with Gasteiger partial charge in [-0.3, -0.25) is 4.90 Å². The second-order valence-electron chi connectivity index (χ2n) is 5.37. The molecule has 1 aliphatic carbocycles. The lowest BCUT2D eigenvalue weighted by atomic mass is 10.1. The molecule has 1 aliphatic rings. The van der Waals surface area contributed by atoms with E-state index in [0.29, 0.717) is 0 Å². The van der Waals surface area contributed by atoms with Gasteiger partial charge in [0.15, 0.2) is 0 Å². The van der Waals surface area contributed by atoms with Crippen LogP contribution in [0.4, 0.5) is 0 Å². The van der Waals surface area contributed by atoms with Crippen molar-refractivity contribution in [3.63, 3.8) is 0 Å². The summed E-state index contributed by atoms with van der Waals surface area (Å²) in [6.07, 6.45) is 8.19. The minimum absolute atomic E-state index is 0.721. The van der Waals surface area contributed by atoms with Gasteiger partial charge in [0.25, 0.3) is 0 Å². The molecular weight excluding hydrogens is 220 g/mol. The largest absolute Gasteiger partial charge is 0.299 e.